The summed E-state index contributed by atoms with van der Waals surface area (Å²) in [6, 6.07) is 0. The predicted octanol–water partition coefficient (Wildman–Crippen LogP) is -0.554. The van der Waals surface area contributed by atoms with Crippen molar-refractivity contribution >= 4 is 11.9 Å². The molecule has 1 fully saturated rings. The van der Waals surface area contributed by atoms with Crippen molar-refractivity contribution in [1.29, 1.82) is 0 Å². The van der Waals surface area contributed by atoms with E-state index in [1.54, 1.807) is 0 Å². The molecule has 0 aromatic carbocycles. The molecule has 0 radical (unpaired) electrons. The molecule has 0 saturated carbocycles. The maximum Gasteiger partial charge on any atom is 0.337 e. The van der Waals surface area contributed by atoms with Gasteiger partial charge < -0.3 is 15.1 Å². The Hall–Kier alpha value is -1.60. The lowest BCUT2D eigenvalue weighted by molar-refractivity contribution is -0.275. The highest BCUT2D eigenvalue weighted by Crippen LogP contribution is 2.20. The second-order valence-electron chi connectivity index (χ2n) is 3.65. The van der Waals surface area contributed by atoms with E-state index in [-0.39, 0.29) is 24.8 Å². The molecular weight excluding hydrogens is 218 g/mol. The van der Waals surface area contributed by atoms with Gasteiger partial charge in [0.05, 0.1) is 19.7 Å². The van der Waals surface area contributed by atoms with Crippen LogP contribution in [0.5, 0.6) is 0 Å². The standard InChI is InChI=1S/C9H11NO6/c11-7-6(9(13)14)4-10(8(7)12)3-5-1-2-15-16-5/h5,11H,1-4H2,(H,13,14). The Morgan fingerprint density at radius 2 is 2.31 bits per heavy atom. The Kier molecular flexibility index (Phi) is 2.80. The minimum absolute atomic E-state index is 0.0974. The topological polar surface area (TPSA) is 96.3 Å². The number of aliphatic hydroxyl groups is 1. The van der Waals surface area contributed by atoms with E-state index in [0.717, 1.165) is 0 Å². The molecule has 0 aliphatic carbocycles. The highest BCUT2D eigenvalue weighted by molar-refractivity contribution is 6.04. The van der Waals surface area contributed by atoms with Gasteiger partial charge in [-0.05, 0) is 0 Å². The van der Waals surface area contributed by atoms with Gasteiger partial charge in [-0.15, -0.1) is 0 Å². The van der Waals surface area contributed by atoms with Crippen LogP contribution in [0.1, 0.15) is 6.42 Å². The van der Waals surface area contributed by atoms with Crippen LogP contribution >= 0.6 is 0 Å². The number of amides is 1. The van der Waals surface area contributed by atoms with Crippen molar-refractivity contribution in [2.24, 2.45) is 0 Å². The zero-order valence-electron chi connectivity index (χ0n) is 8.38. The summed E-state index contributed by atoms with van der Waals surface area (Å²) >= 11 is 0. The van der Waals surface area contributed by atoms with Gasteiger partial charge in [-0.3, -0.25) is 4.79 Å². The molecule has 0 aromatic heterocycles. The molecule has 2 rings (SSSR count). The Balaban J connectivity index is 2.00. The molecule has 0 bridgehead atoms. The van der Waals surface area contributed by atoms with Crippen LogP contribution in [0, 0.1) is 0 Å². The van der Waals surface area contributed by atoms with Crippen molar-refractivity contribution in [2.75, 3.05) is 19.7 Å². The van der Waals surface area contributed by atoms with E-state index in [1.165, 1.54) is 4.90 Å². The number of aliphatic carboxylic acids is 1. The van der Waals surface area contributed by atoms with E-state index < -0.39 is 17.6 Å². The first-order valence-electron chi connectivity index (χ1n) is 4.82. The van der Waals surface area contributed by atoms with E-state index in [2.05, 4.69) is 4.89 Å². The summed E-state index contributed by atoms with van der Waals surface area (Å²) in [5, 5.41) is 18.0. The van der Waals surface area contributed by atoms with Gasteiger partial charge >= 0.3 is 5.97 Å². The lowest BCUT2D eigenvalue weighted by atomic mass is 10.2. The quantitative estimate of drug-likeness (QED) is 0.630. The van der Waals surface area contributed by atoms with Crippen LogP contribution in [-0.2, 0) is 19.4 Å². The van der Waals surface area contributed by atoms with Crippen molar-refractivity contribution in [3.63, 3.8) is 0 Å². The lowest BCUT2D eigenvalue weighted by Crippen LogP contribution is -2.35. The van der Waals surface area contributed by atoms with Gasteiger partial charge in [-0.1, -0.05) is 0 Å². The molecule has 1 saturated heterocycles. The number of carboxylic acid groups (broad SMARTS) is 1. The van der Waals surface area contributed by atoms with Gasteiger partial charge in [-0.25, -0.2) is 14.6 Å². The average molecular weight is 229 g/mol. The summed E-state index contributed by atoms with van der Waals surface area (Å²) in [6.07, 6.45) is 0.386. The van der Waals surface area contributed by atoms with Gasteiger partial charge in [0.1, 0.15) is 11.7 Å². The number of hydrogen-bond acceptors (Lipinski definition) is 5. The van der Waals surface area contributed by atoms with E-state index in [1.807, 2.05) is 0 Å². The summed E-state index contributed by atoms with van der Waals surface area (Å²) in [4.78, 5) is 32.9. The van der Waals surface area contributed by atoms with E-state index >= 15 is 0 Å². The number of aliphatic hydroxyl groups excluding tert-OH is 1. The van der Waals surface area contributed by atoms with E-state index in [9.17, 15) is 14.7 Å². The van der Waals surface area contributed by atoms with Crippen molar-refractivity contribution in [2.45, 2.75) is 12.5 Å². The molecular formula is C9H11NO6. The minimum atomic E-state index is -1.28. The largest absolute Gasteiger partial charge is 0.503 e. The van der Waals surface area contributed by atoms with Gasteiger partial charge in [0.15, 0.2) is 5.76 Å². The van der Waals surface area contributed by atoms with Crippen LogP contribution in [0.3, 0.4) is 0 Å². The number of carboxylic acids is 1. The third kappa shape index (κ3) is 1.86. The van der Waals surface area contributed by atoms with Gasteiger partial charge in [0, 0.05) is 6.42 Å². The highest BCUT2D eigenvalue weighted by atomic mass is 17.2. The van der Waals surface area contributed by atoms with Crippen molar-refractivity contribution in [3.8, 4) is 0 Å². The van der Waals surface area contributed by atoms with Crippen LogP contribution in [0.25, 0.3) is 0 Å². The second kappa shape index (κ2) is 4.11. The van der Waals surface area contributed by atoms with Gasteiger partial charge in [0.2, 0.25) is 0 Å². The van der Waals surface area contributed by atoms with Crippen LogP contribution in [-0.4, -0.2) is 52.8 Å². The molecule has 88 valence electrons. The van der Waals surface area contributed by atoms with Crippen molar-refractivity contribution in [1.82, 2.24) is 4.90 Å². The Labute approximate surface area is 90.8 Å². The lowest BCUT2D eigenvalue weighted by Gasteiger charge is -2.18. The fraction of sp³-hybridized carbons (Fsp3) is 0.556. The van der Waals surface area contributed by atoms with Crippen molar-refractivity contribution < 1.29 is 29.6 Å². The normalized spacial score (nSPS) is 25.6. The number of carbonyl (C=O) groups excluding carboxylic acids is 1. The van der Waals surface area contributed by atoms with Crippen LogP contribution in [0.2, 0.25) is 0 Å². The van der Waals surface area contributed by atoms with Crippen LogP contribution < -0.4 is 0 Å². The number of nitrogens with zero attached hydrogens (tertiary/aromatic N) is 1. The smallest absolute Gasteiger partial charge is 0.337 e. The van der Waals surface area contributed by atoms with Gasteiger partial charge in [-0.2, -0.15) is 0 Å². The number of hydrogen-bond donors (Lipinski definition) is 2. The number of carbonyl (C=O) groups is 2. The molecule has 1 unspecified atom stereocenters. The molecule has 2 aliphatic heterocycles. The van der Waals surface area contributed by atoms with Crippen LogP contribution in [0.4, 0.5) is 0 Å². The summed E-state index contributed by atoms with van der Waals surface area (Å²) in [6.45, 7) is 0.581. The Morgan fingerprint density at radius 3 is 2.81 bits per heavy atom. The molecule has 2 N–H and O–H groups in total. The third-order valence-electron chi connectivity index (χ3n) is 2.53. The summed E-state index contributed by atoms with van der Waals surface area (Å²) < 4.78 is 0. The first-order chi connectivity index (χ1) is 7.59. The van der Waals surface area contributed by atoms with Gasteiger partial charge in [0.25, 0.3) is 5.91 Å². The fourth-order valence-corrected chi connectivity index (χ4v) is 1.67. The Morgan fingerprint density at radius 1 is 1.56 bits per heavy atom. The Bertz CT molecular complexity index is 357. The molecule has 7 nitrogen and oxygen atoms in total. The molecule has 0 spiro atoms. The second-order valence-corrected chi connectivity index (χ2v) is 3.65. The monoisotopic (exact) mass is 229 g/mol. The average Bonchev–Trinajstić information content (AvgIpc) is 2.82. The predicted molar refractivity (Wildman–Crippen MR) is 49.3 cm³/mol. The summed E-state index contributed by atoms with van der Waals surface area (Å²) in [5.74, 6) is -2.64. The molecule has 1 amide bonds. The summed E-state index contributed by atoms with van der Waals surface area (Å²) in [5.41, 5.74) is -0.274. The molecule has 2 aliphatic rings. The molecule has 0 aromatic rings. The highest BCUT2D eigenvalue weighted by Gasteiger charge is 2.36. The summed E-state index contributed by atoms with van der Waals surface area (Å²) in [7, 11) is 0. The van der Waals surface area contributed by atoms with E-state index in [4.69, 9.17) is 9.99 Å². The first kappa shape index (κ1) is 10.9. The first-order valence-corrected chi connectivity index (χ1v) is 4.82. The zero-order chi connectivity index (χ0) is 11.7. The maximum absolute atomic E-state index is 11.5. The molecule has 2 heterocycles. The minimum Gasteiger partial charge on any atom is -0.503 e. The van der Waals surface area contributed by atoms with E-state index in [0.29, 0.717) is 13.0 Å². The van der Waals surface area contributed by atoms with Crippen LogP contribution in [0.15, 0.2) is 11.3 Å². The third-order valence-corrected chi connectivity index (χ3v) is 2.53. The molecule has 7 heteroatoms. The molecule has 16 heavy (non-hydrogen) atoms. The number of rotatable bonds is 3. The maximum atomic E-state index is 11.5. The fourth-order valence-electron chi connectivity index (χ4n) is 1.67. The zero-order valence-corrected chi connectivity index (χ0v) is 8.38. The SMILES string of the molecule is O=C(O)C1=C(O)C(=O)N(CC2CCOO2)C1. The molecule has 1 atom stereocenters. The van der Waals surface area contributed by atoms with Crippen molar-refractivity contribution in [3.05, 3.63) is 11.3 Å².